The Bertz CT molecular complexity index is 433. The average Bonchev–Trinajstić information content (AvgIpc) is 2.40. The highest BCUT2D eigenvalue weighted by Crippen LogP contribution is 2.16. The molecule has 20 heavy (non-hydrogen) atoms. The number of hydrogen-bond donors (Lipinski definition) is 3. The minimum absolute atomic E-state index is 0.00706. The Balaban J connectivity index is 2.19. The summed E-state index contributed by atoms with van der Waals surface area (Å²) < 4.78 is 10.6. The van der Waals surface area contributed by atoms with Gasteiger partial charge in [0.15, 0.2) is 6.73 Å². The summed E-state index contributed by atoms with van der Waals surface area (Å²) in [5, 5.41) is 13.2. The Morgan fingerprint density at radius 2 is 1.70 bits per heavy atom. The van der Waals surface area contributed by atoms with Crippen LogP contribution < -0.4 is 20.1 Å². The van der Waals surface area contributed by atoms with Gasteiger partial charge in [0.25, 0.3) is 0 Å². The molecule has 0 aliphatic heterocycles. The highest BCUT2D eigenvalue weighted by atomic mass is 16.5. The monoisotopic (exact) mass is 282 g/mol. The Labute approximate surface area is 116 Å². The predicted molar refractivity (Wildman–Crippen MR) is 71.9 cm³/mol. The number of carbonyl (C=O) groups is 2. The van der Waals surface area contributed by atoms with Crippen molar-refractivity contribution in [3.63, 3.8) is 0 Å². The summed E-state index contributed by atoms with van der Waals surface area (Å²) in [6.07, 6.45) is -0.118. The van der Waals surface area contributed by atoms with E-state index in [1.54, 1.807) is 24.3 Å². The summed E-state index contributed by atoms with van der Waals surface area (Å²) in [6.45, 7) is 2.56. The number of benzene rings is 1. The van der Waals surface area contributed by atoms with Crippen molar-refractivity contribution in [3.05, 3.63) is 24.3 Å². The van der Waals surface area contributed by atoms with Crippen LogP contribution in [0.2, 0.25) is 0 Å². The third-order valence-corrected chi connectivity index (χ3v) is 2.23. The zero-order valence-electron chi connectivity index (χ0n) is 11.2. The summed E-state index contributed by atoms with van der Waals surface area (Å²) in [7, 11) is 0. The van der Waals surface area contributed by atoms with Crippen LogP contribution >= 0.6 is 0 Å². The zero-order chi connectivity index (χ0) is 14.8. The maximum atomic E-state index is 11.2. The van der Waals surface area contributed by atoms with E-state index >= 15 is 0 Å². The molecule has 0 heterocycles. The van der Waals surface area contributed by atoms with Gasteiger partial charge in [-0.05, 0) is 31.2 Å². The van der Waals surface area contributed by atoms with Crippen LogP contribution in [0.25, 0.3) is 0 Å². The maximum absolute atomic E-state index is 11.2. The molecule has 3 N–H and O–H groups in total. The van der Waals surface area contributed by atoms with Crippen molar-refractivity contribution in [1.29, 1.82) is 0 Å². The number of carboxylic acids is 1. The van der Waals surface area contributed by atoms with Crippen LogP contribution in [0.15, 0.2) is 24.3 Å². The van der Waals surface area contributed by atoms with E-state index in [9.17, 15) is 9.59 Å². The third kappa shape index (κ3) is 6.48. The molecular formula is C13H18N2O5. The standard InChI is InChI=1S/C13H18N2O5/c1-2-19-10-3-5-11(6-4-10)20-9-15-13(18)14-8-7-12(16)17/h3-6H,2,7-9H2,1H3,(H,16,17)(H2,14,15,18). The smallest absolute Gasteiger partial charge is 0.317 e. The molecule has 1 rings (SSSR count). The van der Waals surface area contributed by atoms with Gasteiger partial charge in [0.05, 0.1) is 13.0 Å². The van der Waals surface area contributed by atoms with E-state index in [2.05, 4.69) is 10.6 Å². The molecule has 7 nitrogen and oxygen atoms in total. The topological polar surface area (TPSA) is 96.9 Å². The van der Waals surface area contributed by atoms with Gasteiger partial charge in [-0.3, -0.25) is 4.79 Å². The fourth-order valence-corrected chi connectivity index (χ4v) is 1.33. The number of aliphatic carboxylic acids is 1. The van der Waals surface area contributed by atoms with Crippen molar-refractivity contribution >= 4 is 12.0 Å². The first kappa shape index (κ1) is 15.6. The lowest BCUT2D eigenvalue weighted by Gasteiger charge is -2.09. The number of carboxylic acid groups (broad SMARTS) is 1. The first-order valence-corrected chi connectivity index (χ1v) is 6.21. The van der Waals surface area contributed by atoms with Crippen LogP contribution in [0.4, 0.5) is 4.79 Å². The Morgan fingerprint density at radius 3 is 2.25 bits per heavy atom. The lowest BCUT2D eigenvalue weighted by molar-refractivity contribution is -0.136. The van der Waals surface area contributed by atoms with Gasteiger partial charge in [-0.2, -0.15) is 0 Å². The number of urea groups is 1. The molecule has 0 radical (unpaired) electrons. The van der Waals surface area contributed by atoms with Crippen molar-refractivity contribution in [2.75, 3.05) is 19.9 Å². The van der Waals surface area contributed by atoms with Crippen LogP contribution in [0.5, 0.6) is 11.5 Å². The van der Waals surface area contributed by atoms with Crippen molar-refractivity contribution in [2.45, 2.75) is 13.3 Å². The van der Waals surface area contributed by atoms with Crippen molar-refractivity contribution in [3.8, 4) is 11.5 Å². The van der Waals surface area contributed by atoms with Gasteiger partial charge in [0.1, 0.15) is 11.5 Å². The summed E-state index contributed by atoms with van der Waals surface area (Å²) in [4.78, 5) is 21.5. The quantitative estimate of drug-likeness (QED) is 0.622. The molecule has 0 saturated carbocycles. The van der Waals surface area contributed by atoms with E-state index in [1.807, 2.05) is 6.92 Å². The van der Waals surface area contributed by atoms with E-state index in [0.29, 0.717) is 12.4 Å². The molecular weight excluding hydrogens is 264 g/mol. The Hall–Kier alpha value is -2.44. The summed E-state index contributed by atoms with van der Waals surface area (Å²) in [6, 6.07) is 6.53. The van der Waals surface area contributed by atoms with Crippen LogP contribution in [0, 0.1) is 0 Å². The molecule has 2 amide bonds. The first-order chi connectivity index (χ1) is 9.61. The summed E-state index contributed by atoms with van der Waals surface area (Å²) in [5.41, 5.74) is 0. The van der Waals surface area contributed by atoms with Crippen LogP contribution in [-0.4, -0.2) is 37.0 Å². The molecule has 0 fully saturated rings. The van der Waals surface area contributed by atoms with Gasteiger partial charge in [-0.15, -0.1) is 0 Å². The Kier molecular flexibility index (Phi) is 6.74. The molecule has 0 bridgehead atoms. The van der Waals surface area contributed by atoms with E-state index in [0.717, 1.165) is 5.75 Å². The first-order valence-electron chi connectivity index (χ1n) is 6.21. The molecule has 0 atom stereocenters. The van der Waals surface area contributed by atoms with Gasteiger partial charge in [0.2, 0.25) is 0 Å². The maximum Gasteiger partial charge on any atom is 0.317 e. The second-order valence-electron chi connectivity index (χ2n) is 3.77. The zero-order valence-corrected chi connectivity index (χ0v) is 11.2. The normalized spacial score (nSPS) is 9.65. The molecule has 0 aliphatic carbocycles. The summed E-state index contributed by atoms with van der Waals surface area (Å²) in [5.74, 6) is 0.384. The molecule has 0 saturated heterocycles. The molecule has 0 aromatic heterocycles. The number of hydrogen-bond acceptors (Lipinski definition) is 4. The van der Waals surface area contributed by atoms with Gasteiger partial charge < -0.3 is 25.2 Å². The van der Waals surface area contributed by atoms with Gasteiger partial charge in [-0.1, -0.05) is 0 Å². The molecule has 1 aromatic rings. The fraction of sp³-hybridized carbons (Fsp3) is 0.385. The van der Waals surface area contributed by atoms with E-state index in [1.165, 1.54) is 0 Å². The van der Waals surface area contributed by atoms with Crippen LogP contribution in [-0.2, 0) is 4.79 Å². The van der Waals surface area contributed by atoms with Gasteiger partial charge >= 0.3 is 12.0 Å². The highest BCUT2D eigenvalue weighted by Gasteiger charge is 2.02. The molecule has 7 heteroatoms. The lowest BCUT2D eigenvalue weighted by atomic mass is 10.3. The molecule has 1 aromatic carbocycles. The number of nitrogens with one attached hydrogen (secondary N) is 2. The number of rotatable bonds is 8. The average molecular weight is 282 g/mol. The van der Waals surface area contributed by atoms with Gasteiger partial charge in [0, 0.05) is 6.54 Å². The molecule has 110 valence electrons. The van der Waals surface area contributed by atoms with E-state index < -0.39 is 12.0 Å². The van der Waals surface area contributed by atoms with Crippen molar-refractivity contribution in [1.82, 2.24) is 10.6 Å². The van der Waals surface area contributed by atoms with Crippen molar-refractivity contribution in [2.24, 2.45) is 0 Å². The van der Waals surface area contributed by atoms with Crippen molar-refractivity contribution < 1.29 is 24.2 Å². The van der Waals surface area contributed by atoms with Crippen LogP contribution in [0.3, 0.4) is 0 Å². The number of amides is 2. The molecule has 0 aliphatic rings. The molecule has 0 spiro atoms. The SMILES string of the molecule is CCOc1ccc(OCNC(=O)NCCC(=O)O)cc1. The predicted octanol–water partition coefficient (Wildman–Crippen LogP) is 1.20. The largest absolute Gasteiger partial charge is 0.494 e. The second-order valence-corrected chi connectivity index (χ2v) is 3.77. The third-order valence-electron chi connectivity index (χ3n) is 2.23. The fourth-order valence-electron chi connectivity index (χ4n) is 1.33. The Morgan fingerprint density at radius 1 is 1.10 bits per heavy atom. The number of carbonyl (C=O) groups excluding carboxylic acids is 1. The molecule has 0 unspecified atom stereocenters. The minimum Gasteiger partial charge on any atom is -0.494 e. The van der Waals surface area contributed by atoms with E-state index in [4.69, 9.17) is 14.6 Å². The second kappa shape index (κ2) is 8.63. The lowest BCUT2D eigenvalue weighted by Crippen LogP contribution is -2.38. The van der Waals surface area contributed by atoms with E-state index in [-0.39, 0.29) is 19.7 Å². The summed E-state index contributed by atoms with van der Waals surface area (Å²) >= 11 is 0. The minimum atomic E-state index is -0.962. The van der Waals surface area contributed by atoms with Crippen LogP contribution in [0.1, 0.15) is 13.3 Å². The number of ether oxygens (including phenoxy) is 2. The van der Waals surface area contributed by atoms with Gasteiger partial charge in [-0.25, -0.2) is 4.79 Å². The highest BCUT2D eigenvalue weighted by molar-refractivity contribution is 5.74.